The summed E-state index contributed by atoms with van der Waals surface area (Å²) < 4.78 is 5.14. The molecule has 0 aliphatic rings. The fraction of sp³-hybridized carbons (Fsp3) is 0. The average molecular weight is 321 g/mol. The van der Waals surface area contributed by atoms with Crippen LogP contribution >= 0.6 is 39.1 Å². The second-order valence-electron chi connectivity index (χ2n) is 2.94. The Bertz CT molecular complexity index is 554. The highest BCUT2D eigenvalue weighted by Gasteiger charge is 2.18. The zero-order chi connectivity index (χ0) is 11.7. The Balaban J connectivity index is 2.67. The van der Waals surface area contributed by atoms with E-state index in [1.165, 1.54) is 0 Å². The highest BCUT2D eigenvalue weighted by Crippen LogP contribution is 2.35. The van der Waals surface area contributed by atoms with Crippen LogP contribution in [0.5, 0.6) is 0 Å². The average Bonchev–Trinajstić information content (AvgIpc) is 2.63. The minimum Gasteiger partial charge on any atom is -0.348 e. The standard InChI is InChI=1S/C10H4BrCl2NO2/c11-10-6(4-15)9(14-16-10)5-2-1-3-7(12)8(5)13/h1-4H. The van der Waals surface area contributed by atoms with Gasteiger partial charge in [-0.1, -0.05) is 40.5 Å². The van der Waals surface area contributed by atoms with E-state index in [0.717, 1.165) is 0 Å². The van der Waals surface area contributed by atoms with Crippen LogP contribution in [0, 0.1) is 0 Å². The fourth-order valence-corrected chi connectivity index (χ4v) is 2.00. The predicted molar refractivity (Wildman–Crippen MR) is 65.0 cm³/mol. The molecular weight excluding hydrogens is 317 g/mol. The van der Waals surface area contributed by atoms with E-state index in [4.69, 9.17) is 27.7 Å². The Kier molecular flexibility index (Phi) is 3.33. The van der Waals surface area contributed by atoms with Crippen LogP contribution in [0.1, 0.15) is 10.4 Å². The van der Waals surface area contributed by atoms with Gasteiger partial charge in [0.15, 0.2) is 6.29 Å². The van der Waals surface area contributed by atoms with Gasteiger partial charge < -0.3 is 4.52 Å². The van der Waals surface area contributed by atoms with E-state index >= 15 is 0 Å². The van der Waals surface area contributed by atoms with Crippen molar-refractivity contribution in [3.63, 3.8) is 0 Å². The van der Waals surface area contributed by atoms with Crippen molar-refractivity contribution in [3.05, 3.63) is 38.5 Å². The Morgan fingerprint density at radius 1 is 1.38 bits per heavy atom. The molecule has 16 heavy (non-hydrogen) atoms. The predicted octanol–water partition coefficient (Wildman–Crippen LogP) is 4.22. The minimum absolute atomic E-state index is 0.272. The molecule has 0 amide bonds. The van der Waals surface area contributed by atoms with Gasteiger partial charge in [-0.15, -0.1) is 0 Å². The Hall–Kier alpha value is -0.840. The summed E-state index contributed by atoms with van der Waals surface area (Å²) in [5, 5.41) is 4.50. The van der Waals surface area contributed by atoms with Crippen LogP contribution in [-0.2, 0) is 0 Å². The third-order valence-corrected chi connectivity index (χ3v) is 3.40. The Morgan fingerprint density at radius 2 is 2.12 bits per heavy atom. The quantitative estimate of drug-likeness (QED) is 0.778. The molecule has 0 aliphatic carbocycles. The van der Waals surface area contributed by atoms with Gasteiger partial charge in [0.25, 0.3) is 0 Å². The Morgan fingerprint density at radius 3 is 2.81 bits per heavy atom. The van der Waals surface area contributed by atoms with Crippen LogP contribution in [-0.4, -0.2) is 11.4 Å². The first-order valence-corrected chi connectivity index (χ1v) is 5.74. The van der Waals surface area contributed by atoms with E-state index in [0.29, 0.717) is 33.2 Å². The molecule has 0 atom stereocenters. The second-order valence-corrected chi connectivity index (χ2v) is 4.44. The topological polar surface area (TPSA) is 43.1 Å². The summed E-state index contributed by atoms with van der Waals surface area (Å²) in [6.07, 6.45) is 0.646. The molecule has 0 spiro atoms. The number of carbonyl (C=O) groups is 1. The summed E-state index contributed by atoms with van der Waals surface area (Å²) >= 11 is 15.0. The van der Waals surface area contributed by atoms with Crippen molar-refractivity contribution in [2.24, 2.45) is 0 Å². The molecule has 2 aromatic rings. The number of aromatic nitrogens is 1. The molecule has 0 fully saturated rings. The van der Waals surface area contributed by atoms with Crippen LogP contribution < -0.4 is 0 Å². The fourth-order valence-electron chi connectivity index (χ4n) is 1.26. The van der Waals surface area contributed by atoms with Crippen LogP contribution in [0.4, 0.5) is 0 Å². The molecule has 2 rings (SSSR count). The number of benzene rings is 1. The van der Waals surface area contributed by atoms with Crippen LogP contribution in [0.25, 0.3) is 11.3 Å². The van der Waals surface area contributed by atoms with Crippen molar-refractivity contribution in [2.45, 2.75) is 0 Å². The highest BCUT2D eigenvalue weighted by molar-refractivity contribution is 9.10. The molecule has 6 heteroatoms. The van der Waals surface area contributed by atoms with Crippen LogP contribution in [0.2, 0.25) is 10.0 Å². The zero-order valence-electron chi connectivity index (χ0n) is 7.71. The highest BCUT2D eigenvalue weighted by atomic mass is 79.9. The summed E-state index contributed by atoms with van der Waals surface area (Å²) in [7, 11) is 0. The molecule has 0 radical (unpaired) electrons. The van der Waals surface area contributed by atoms with Crippen molar-refractivity contribution >= 4 is 45.4 Å². The minimum atomic E-state index is 0.272. The van der Waals surface area contributed by atoms with Crippen molar-refractivity contribution in [3.8, 4) is 11.3 Å². The molecule has 1 heterocycles. The van der Waals surface area contributed by atoms with Gasteiger partial charge in [-0.25, -0.2) is 0 Å². The maximum Gasteiger partial charge on any atom is 0.213 e. The lowest BCUT2D eigenvalue weighted by atomic mass is 10.1. The van der Waals surface area contributed by atoms with Crippen LogP contribution in [0.15, 0.2) is 27.4 Å². The van der Waals surface area contributed by atoms with Crippen molar-refractivity contribution < 1.29 is 9.32 Å². The molecule has 1 aromatic carbocycles. The largest absolute Gasteiger partial charge is 0.348 e. The third kappa shape index (κ3) is 1.88. The maximum absolute atomic E-state index is 10.9. The molecule has 0 saturated carbocycles. The summed E-state index contributed by atoms with van der Waals surface area (Å²) in [5.74, 6) is 0. The molecule has 3 nitrogen and oxygen atoms in total. The monoisotopic (exact) mass is 319 g/mol. The number of hydrogen-bond donors (Lipinski definition) is 0. The first-order valence-electron chi connectivity index (χ1n) is 4.20. The molecule has 0 saturated heterocycles. The summed E-state index contributed by atoms with van der Waals surface area (Å²) in [6.45, 7) is 0. The first kappa shape index (κ1) is 11.6. The zero-order valence-corrected chi connectivity index (χ0v) is 10.8. The van der Waals surface area contributed by atoms with E-state index in [2.05, 4.69) is 21.1 Å². The molecule has 82 valence electrons. The van der Waals surface area contributed by atoms with E-state index in [-0.39, 0.29) is 4.67 Å². The molecule has 0 bridgehead atoms. The number of carbonyl (C=O) groups excluding carboxylic acids is 1. The molecular formula is C10H4BrCl2NO2. The van der Waals surface area contributed by atoms with E-state index in [1.807, 2.05) is 0 Å². The van der Waals surface area contributed by atoms with Gasteiger partial charge in [0.2, 0.25) is 4.67 Å². The van der Waals surface area contributed by atoms with Gasteiger partial charge in [-0.05, 0) is 22.0 Å². The lowest BCUT2D eigenvalue weighted by Gasteiger charge is -2.01. The van der Waals surface area contributed by atoms with Crippen molar-refractivity contribution in [2.75, 3.05) is 0 Å². The van der Waals surface area contributed by atoms with E-state index < -0.39 is 0 Å². The number of rotatable bonds is 2. The SMILES string of the molecule is O=Cc1c(-c2cccc(Cl)c2Cl)noc1Br. The lowest BCUT2D eigenvalue weighted by Crippen LogP contribution is -1.86. The van der Waals surface area contributed by atoms with Gasteiger partial charge in [0, 0.05) is 5.56 Å². The van der Waals surface area contributed by atoms with Gasteiger partial charge >= 0.3 is 0 Å². The molecule has 0 aliphatic heterocycles. The number of halogens is 3. The lowest BCUT2D eigenvalue weighted by molar-refractivity contribution is 0.112. The summed E-state index contributed by atoms with van der Waals surface area (Å²) in [5.41, 5.74) is 1.24. The van der Waals surface area contributed by atoms with Gasteiger partial charge in [-0.3, -0.25) is 4.79 Å². The summed E-state index contributed by atoms with van der Waals surface area (Å²) in [4.78, 5) is 10.9. The second kappa shape index (κ2) is 4.57. The first-order chi connectivity index (χ1) is 7.65. The van der Waals surface area contributed by atoms with Gasteiger partial charge in [0.1, 0.15) is 5.69 Å². The molecule has 0 unspecified atom stereocenters. The van der Waals surface area contributed by atoms with Crippen molar-refractivity contribution in [1.29, 1.82) is 0 Å². The normalized spacial score (nSPS) is 10.4. The van der Waals surface area contributed by atoms with Crippen molar-refractivity contribution in [1.82, 2.24) is 5.16 Å². The van der Waals surface area contributed by atoms with Gasteiger partial charge in [0.05, 0.1) is 15.6 Å². The van der Waals surface area contributed by atoms with Crippen LogP contribution in [0.3, 0.4) is 0 Å². The summed E-state index contributed by atoms with van der Waals surface area (Å²) in [6, 6.07) is 5.09. The number of aldehydes is 1. The third-order valence-electron chi connectivity index (χ3n) is 2.01. The van der Waals surface area contributed by atoms with Gasteiger partial charge in [-0.2, -0.15) is 0 Å². The Labute approximate surface area is 109 Å². The maximum atomic E-state index is 10.9. The number of hydrogen-bond acceptors (Lipinski definition) is 3. The van der Waals surface area contributed by atoms with E-state index in [9.17, 15) is 4.79 Å². The smallest absolute Gasteiger partial charge is 0.213 e. The molecule has 1 aromatic heterocycles. The molecule has 0 N–H and O–H groups in total. The number of nitrogens with zero attached hydrogens (tertiary/aromatic N) is 1. The van der Waals surface area contributed by atoms with E-state index in [1.54, 1.807) is 18.2 Å².